The maximum atomic E-state index is 11.0. The zero-order valence-electron chi connectivity index (χ0n) is 8.90. The van der Waals surface area contributed by atoms with Gasteiger partial charge in [-0.05, 0) is 13.0 Å². The Morgan fingerprint density at radius 2 is 2.31 bits per heavy atom. The van der Waals surface area contributed by atoms with Crippen molar-refractivity contribution in [3.05, 3.63) is 27.3 Å². The molecule has 0 aliphatic carbocycles. The molecule has 1 aliphatic heterocycles. The molecule has 1 aromatic carbocycles. The molecule has 0 bridgehead atoms. The van der Waals surface area contributed by atoms with Gasteiger partial charge in [0.05, 0.1) is 22.8 Å². The van der Waals surface area contributed by atoms with Crippen molar-refractivity contribution in [1.82, 2.24) is 0 Å². The smallest absolute Gasteiger partial charge is 0.280 e. The third kappa shape index (κ3) is 1.47. The number of ether oxygens (including phenoxy) is 1. The molecule has 4 N–H and O–H groups in total. The van der Waals surface area contributed by atoms with Gasteiger partial charge in [0.2, 0.25) is 0 Å². The van der Waals surface area contributed by atoms with Gasteiger partial charge in [-0.1, -0.05) is 0 Å². The van der Waals surface area contributed by atoms with E-state index in [0.29, 0.717) is 35.6 Å². The van der Waals surface area contributed by atoms with Crippen LogP contribution in [0.3, 0.4) is 0 Å². The topological polar surface area (TPSA) is 104 Å². The van der Waals surface area contributed by atoms with E-state index in [9.17, 15) is 10.1 Å². The molecule has 86 valence electrons. The van der Waals surface area contributed by atoms with Gasteiger partial charge in [-0.15, -0.1) is 0 Å². The molecule has 16 heavy (non-hydrogen) atoms. The maximum Gasteiger partial charge on any atom is 0.280 e. The Kier molecular flexibility index (Phi) is 2.43. The van der Waals surface area contributed by atoms with Gasteiger partial charge in [-0.3, -0.25) is 10.1 Å². The first-order valence-electron chi connectivity index (χ1n) is 4.98. The van der Waals surface area contributed by atoms with Gasteiger partial charge in [-0.25, -0.2) is 0 Å². The average molecular weight is 223 g/mol. The minimum atomic E-state index is -0.428. The van der Waals surface area contributed by atoms with Crippen molar-refractivity contribution in [2.24, 2.45) is 5.73 Å². The lowest BCUT2D eigenvalue weighted by Gasteiger charge is -2.24. The number of aryl methyl sites for hydroxylation is 1. The Hall–Kier alpha value is -1.82. The van der Waals surface area contributed by atoms with Crippen LogP contribution >= 0.6 is 0 Å². The molecule has 1 heterocycles. The predicted molar refractivity (Wildman–Crippen MR) is 59.3 cm³/mol. The summed E-state index contributed by atoms with van der Waals surface area (Å²) >= 11 is 0. The van der Waals surface area contributed by atoms with Gasteiger partial charge in [-0.2, -0.15) is 0 Å². The number of nitro benzene ring substituents is 1. The largest absolute Gasteiger partial charge is 0.491 e. The third-order valence-electron chi connectivity index (χ3n) is 2.74. The molecule has 1 aromatic rings. The minimum absolute atomic E-state index is 0.0244. The van der Waals surface area contributed by atoms with Crippen LogP contribution in [0, 0.1) is 17.0 Å². The van der Waals surface area contributed by atoms with Crippen LogP contribution in [0.5, 0.6) is 5.75 Å². The Bertz CT molecular complexity index is 459. The number of hydrogen-bond donors (Lipinski definition) is 2. The van der Waals surface area contributed by atoms with Crippen LogP contribution in [0.25, 0.3) is 0 Å². The summed E-state index contributed by atoms with van der Waals surface area (Å²) in [5.74, 6) is 0.371. The molecular weight excluding hydrogens is 210 g/mol. The van der Waals surface area contributed by atoms with Crippen LogP contribution in [-0.2, 0) is 0 Å². The third-order valence-corrected chi connectivity index (χ3v) is 2.74. The van der Waals surface area contributed by atoms with Crippen molar-refractivity contribution in [2.75, 3.05) is 12.3 Å². The highest BCUT2D eigenvalue weighted by Gasteiger charge is 2.31. The second-order valence-corrected chi connectivity index (χ2v) is 3.87. The fourth-order valence-electron chi connectivity index (χ4n) is 2.02. The van der Waals surface area contributed by atoms with Crippen molar-refractivity contribution in [1.29, 1.82) is 0 Å². The highest BCUT2D eigenvalue weighted by atomic mass is 16.6. The molecule has 0 unspecified atom stereocenters. The fourth-order valence-corrected chi connectivity index (χ4v) is 2.02. The molecule has 6 heteroatoms. The second kappa shape index (κ2) is 3.64. The van der Waals surface area contributed by atoms with E-state index in [1.807, 2.05) is 0 Å². The summed E-state index contributed by atoms with van der Waals surface area (Å²) in [6, 6.07) is 1.17. The number of rotatable bonds is 1. The number of nitrogen functional groups attached to an aromatic ring is 1. The molecule has 0 fully saturated rings. The number of benzene rings is 1. The predicted octanol–water partition coefficient (Wildman–Crippen LogP) is 1.27. The summed E-state index contributed by atoms with van der Waals surface area (Å²) in [6.45, 7) is 2.09. The van der Waals surface area contributed by atoms with Crippen LogP contribution < -0.4 is 16.2 Å². The molecule has 2 rings (SSSR count). The van der Waals surface area contributed by atoms with E-state index >= 15 is 0 Å². The zero-order chi connectivity index (χ0) is 11.9. The van der Waals surface area contributed by atoms with E-state index < -0.39 is 4.92 Å². The van der Waals surface area contributed by atoms with Crippen molar-refractivity contribution < 1.29 is 9.66 Å². The van der Waals surface area contributed by atoms with E-state index in [1.165, 1.54) is 0 Å². The van der Waals surface area contributed by atoms with E-state index in [-0.39, 0.29) is 11.7 Å². The summed E-state index contributed by atoms with van der Waals surface area (Å²) in [6.07, 6.45) is 0.566. The van der Waals surface area contributed by atoms with Crippen LogP contribution in [0.1, 0.15) is 23.6 Å². The SMILES string of the molecule is Cc1cc(N)c2c(c1[N+](=O)[O-])[C@H](N)CCO2. The van der Waals surface area contributed by atoms with Gasteiger partial charge < -0.3 is 16.2 Å². The molecule has 1 aliphatic rings. The van der Waals surface area contributed by atoms with Gasteiger partial charge in [0, 0.05) is 18.0 Å². The molecule has 6 nitrogen and oxygen atoms in total. The van der Waals surface area contributed by atoms with Gasteiger partial charge in [0.1, 0.15) is 0 Å². The average Bonchev–Trinajstić information content (AvgIpc) is 2.19. The van der Waals surface area contributed by atoms with E-state index in [1.54, 1.807) is 13.0 Å². The van der Waals surface area contributed by atoms with Crippen molar-refractivity contribution in [3.63, 3.8) is 0 Å². The monoisotopic (exact) mass is 223 g/mol. The van der Waals surface area contributed by atoms with Crippen molar-refractivity contribution >= 4 is 11.4 Å². The first-order chi connectivity index (χ1) is 7.52. The van der Waals surface area contributed by atoms with E-state index in [2.05, 4.69) is 0 Å². The normalized spacial score (nSPS) is 18.8. The van der Waals surface area contributed by atoms with E-state index in [4.69, 9.17) is 16.2 Å². The van der Waals surface area contributed by atoms with Gasteiger partial charge in [0.25, 0.3) is 5.69 Å². The quantitative estimate of drug-likeness (QED) is 0.423. The Balaban J connectivity index is 2.74. The number of nitrogens with zero attached hydrogens (tertiary/aromatic N) is 1. The summed E-state index contributed by atoms with van der Waals surface area (Å²) in [5.41, 5.74) is 13.0. The van der Waals surface area contributed by atoms with Crippen LogP contribution in [0.2, 0.25) is 0 Å². The second-order valence-electron chi connectivity index (χ2n) is 3.87. The lowest BCUT2D eigenvalue weighted by atomic mass is 9.95. The van der Waals surface area contributed by atoms with E-state index in [0.717, 1.165) is 0 Å². The highest BCUT2D eigenvalue weighted by Crippen LogP contribution is 2.43. The Morgan fingerprint density at radius 1 is 1.62 bits per heavy atom. The number of fused-ring (bicyclic) bond motifs is 1. The summed E-state index contributed by atoms with van der Waals surface area (Å²) in [4.78, 5) is 10.6. The fraction of sp³-hybridized carbons (Fsp3) is 0.400. The zero-order valence-corrected chi connectivity index (χ0v) is 8.90. The molecule has 0 radical (unpaired) electrons. The molecule has 0 saturated heterocycles. The lowest BCUT2D eigenvalue weighted by Crippen LogP contribution is -2.23. The first kappa shape index (κ1) is 10.7. The van der Waals surface area contributed by atoms with Crippen LogP contribution in [0.4, 0.5) is 11.4 Å². The molecule has 0 aromatic heterocycles. The molecule has 0 spiro atoms. The molecular formula is C10H13N3O3. The number of nitrogens with two attached hydrogens (primary N) is 2. The van der Waals surface area contributed by atoms with Gasteiger partial charge >= 0.3 is 0 Å². The summed E-state index contributed by atoms with van der Waals surface area (Å²) in [5, 5.41) is 11.0. The number of hydrogen-bond acceptors (Lipinski definition) is 5. The maximum absolute atomic E-state index is 11.0. The summed E-state index contributed by atoms with van der Waals surface area (Å²) < 4.78 is 5.36. The standard InChI is InChI=1S/C10H13N3O3/c1-5-4-7(12)10-8(9(5)13(14)15)6(11)2-3-16-10/h4,6H,2-3,11-12H2,1H3/t6-/m1/s1. The first-order valence-corrected chi connectivity index (χ1v) is 4.98. The van der Waals surface area contributed by atoms with Crippen molar-refractivity contribution in [3.8, 4) is 5.75 Å². The number of anilines is 1. The highest BCUT2D eigenvalue weighted by molar-refractivity contribution is 5.68. The minimum Gasteiger partial charge on any atom is -0.491 e. The van der Waals surface area contributed by atoms with Gasteiger partial charge in [0.15, 0.2) is 5.75 Å². The Morgan fingerprint density at radius 3 is 2.94 bits per heavy atom. The number of nitro groups is 1. The van der Waals surface area contributed by atoms with Crippen LogP contribution in [0.15, 0.2) is 6.07 Å². The van der Waals surface area contributed by atoms with Crippen LogP contribution in [-0.4, -0.2) is 11.5 Å². The summed E-state index contributed by atoms with van der Waals surface area (Å²) in [7, 11) is 0. The van der Waals surface area contributed by atoms with Crippen molar-refractivity contribution in [2.45, 2.75) is 19.4 Å². The molecule has 1 atom stereocenters. The Labute approximate surface area is 92.3 Å². The lowest BCUT2D eigenvalue weighted by molar-refractivity contribution is -0.386. The molecule has 0 amide bonds. The molecule has 0 saturated carbocycles.